The van der Waals surface area contributed by atoms with Crippen molar-refractivity contribution in [3.05, 3.63) is 22.2 Å². The fourth-order valence-electron chi connectivity index (χ4n) is 0.982. The van der Waals surface area contributed by atoms with Gasteiger partial charge in [-0.1, -0.05) is 0 Å². The first-order valence-corrected chi connectivity index (χ1v) is 3.87. The highest BCUT2D eigenvalue weighted by atomic mass is 16.7. The van der Waals surface area contributed by atoms with Gasteiger partial charge in [0.1, 0.15) is 11.0 Å². The predicted molar refractivity (Wildman–Crippen MR) is 42.6 cm³/mol. The number of furan rings is 1. The van der Waals surface area contributed by atoms with Crippen LogP contribution in [0.4, 0.5) is 5.88 Å². The molecule has 0 aliphatic carbocycles. The summed E-state index contributed by atoms with van der Waals surface area (Å²) in [6.07, 6.45) is 0.0748. The molecular weight excluding hydrogens is 176 g/mol. The average molecular weight is 184 g/mol. The number of nitrogens with zero attached hydrogens (tertiary/aromatic N) is 1. The number of nitrogens with one attached hydrogen (secondary N) is 1. The molecule has 6 heteroatoms. The van der Waals surface area contributed by atoms with Gasteiger partial charge in [0, 0.05) is 19.2 Å². The Labute approximate surface area is 73.6 Å². The third-order valence-electron chi connectivity index (χ3n) is 1.77. The van der Waals surface area contributed by atoms with Crippen molar-refractivity contribution in [2.24, 2.45) is 0 Å². The van der Waals surface area contributed by atoms with Crippen LogP contribution in [0.1, 0.15) is 0 Å². The van der Waals surface area contributed by atoms with Gasteiger partial charge in [-0.2, -0.15) is 0 Å². The number of hydrogen-bond donors (Lipinski definition) is 1. The molecule has 1 aliphatic heterocycles. The van der Waals surface area contributed by atoms with E-state index >= 15 is 0 Å². The van der Waals surface area contributed by atoms with Crippen molar-refractivity contribution in [3.63, 3.8) is 0 Å². The zero-order valence-corrected chi connectivity index (χ0v) is 6.73. The Kier molecular flexibility index (Phi) is 1.90. The Bertz CT molecular complexity index is 318. The molecule has 0 radical (unpaired) electrons. The molecule has 1 fully saturated rings. The largest absolute Gasteiger partial charge is 0.459 e. The van der Waals surface area contributed by atoms with Gasteiger partial charge in [-0.05, 0) is 0 Å². The van der Waals surface area contributed by atoms with Gasteiger partial charge in [-0.25, -0.2) is 0 Å². The molecule has 6 nitrogen and oxygen atoms in total. The minimum absolute atomic E-state index is 0.0748. The molecule has 2 rings (SSSR count). The molecule has 1 aromatic rings. The van der Waals surface area contributed by atoms with E-state index in [-0.39, 0.29) is 17.9 Å². The second-order valence-corrected chi connectivity index (χ2v) is 2.75. The molecule has 0 bridgehead atoms. The summed E-state index contributed by atoms with van der Waals surface area (Å²) in [5, 5.41) is 13.2. The van der Waals surface area contributed by atoms with Crippen molar-refractivity contribution in [2.75, 3.05) is 13.1 Å². The van der Waals surface area contributed by atoms with Crippen LogP contribution in [-0.4, -0.2) is 24.1 Å². The third-order valence-corrected chi connectivity index (χ3v) is 1.77. The molecule has 0 atom stereocenters. The average Bonchev–Trinajstić information content (AvgIpc) is 2.44. The monoisotopic (exact) mass is 184 g/mol. The number of hydrogen-bond acceptors (Lipinski definition) is 5. The summed E-state index contributed by atoms with van der Waals surface area (Å²) < 4.78 is 10.0. The fourth-order valence-corrected chi connectivity index (χ4v) is 0.982. The molecule has 2 heterocycles. The van der Waals surface area contributed by atoms with E-state index < -0.39 is 4.92 Å². The lowest BCUT2D eigenvalue weighted by atomic mass is 10.2. The van der Waals surface area contributed by atoms with Crippen molar-refractivity contribution in [1.82, 2.24) is 5.32 Å². The van der Waals surface area contributed by atoms with Crippen molar-refractivity contribution in [1.29, 1.82) is 0 Å². The highest BCUT2D eigenvalue weighted by Gasteiger charge is 2.21. The summed E-state index contributed by atoms with van der Waals surface area (Å²) in [6, 6.07) is 2.73. The van der Waals surface area contributed by atoms with Gasteiger partial charge in [0.15, 0.2) is 0 Å². The van der Waals surface area contributed by atoms with E-state index in [9.17, 15) is 10.1 Å². The van der Waals surface area contributed by atoms with Crippen molar-refractivity contribution < 1.29 is 14.1 Å². The number of nitro groups is 1. The van der Waals surface area contributed by atoms with Crippen LogP contribution in [0.25, 0.3) is 0 Å². The molecule has 0 saturated carbocycles. The Morgan fingerprint density at radius 2 is 2.38 bits per heavy atom. The van der Waals surface area contributed by atoms with Gasteiger partial charge >= 0.3 is 5.88 Å². The van der Waals surface area contributed by atoms with E-state index in [1.807, 2.05) is 0 Å². The van der Waals surface area contributed by atoms with Gasteiger partial charge in [0.2, 0.25) is 0 Å². The maximum Gasteiger partial charge on any atom is 0.436 e. The van der Waals surface area contributed by atoms with Crippen LogP contribution in [0.5, 0.6) is 5.95 Å². The first-order valence-electron chi connectivity index (χ1n) is 3.87. The predicted octanol–water partition coefficient (Wildman–Crippen LogP) is 0.538. The van der Waals surface area contributed by atoms with E-state index in [1.54, 1.807) is 0 Å². The minimum Gasteiger partial charge on any atom is -0.459 e. The molecule has 1 saturated heterocycles. The lowest BCUT2D eigenvalue weighted by molar-refractivity contribution is -0.402. The van der Waals surface area contributed by atoms with E-state index in [4.69, 9.17) is 9.15 Å². The Morgan fingerprint density at radius 1 is 1.62 bits per heavy atom. The molecule has 0 spiro atoms. The summed E-state index contributed by atoms with van der Waals surface area (Å²) in [4.78, 5) is 9.64. The van der Waals surface area contributed by atoms with Crippen LogP contribution >= 0.6 is 0 Å². The molecule has 0 unspecified atom stereocenters. The summed E-state index contributed by atoms with van der Waals surface area (Å²) in [7, 11) is 0. The third kappa shape index (κ3) is 1.62. The molecule has 0 aromatic carbocycles. The first-order chi connectivity index (χ1) is 6.25. The molecular formula is C7H8N2O4. The zero-order valence-electron chi connectivity index (χ0n) is 6.73. The Hall–Kier alpha value is -1.56. The highest BCUT2D eigenvalue weighted by molar-refractivity contribution is 5.21. The Morgan fingerprint density at radius 3 is 2.85 bits per heavy atom. The van der Waals surface area contributed by atoms with E-state index in [0.717, 1.165) is 13.1 Å². The van der Waals surface area contributed by atoms with Crippen LogP contribution in [0.2, 0.25) is 0 Å². The molecule has 1 aromatic heterocycles. The molecule has 1 aliphatic rings. The second-order valence-electron chi connectivity index (χ2n) is 2.75. The standard InChI is InChI=1S/C7H8N2O4/c10-9(11)6-1-2-7(13-6)12-5-3-8-4-5/h1-2,5,8H,3-4H2. The number of ether oxygens (including phenoxy) is 1. The van der Waals surface area contributed by atoms with Gasteiger partial charge in [-0.15, -0.1) is 0 Å². The SMILES string of the molecule is O=[N+]([O-])c1ccc(OC2CNC2)o1. The molecule has 1 N–H and O–H groups in total. The summed E-state index contributed by atoms with van der Waals surface area (Å²) in [5.74, 6) is -0.0829. The van der Waals surface area contributed by atoms with Gasteiger partial charge < -0.3 is 14.5 Å². The molecule has 13 heavy (non-hydrogen) atoms. The van der Waals surface area contributed by atoms with Gasteiger partial charge in [0.25, 0.3) is 5.95 Å². The van der Waals surface area contributed by atoms with Crippen LogP contribution in [0.15, 0.2) is 16.5 Å². The quantitative estimate of drug-likeness (QED) is 0.547. The Balaban J connectivity index is 2.00. The first kappa shape index (κ1) is 8.06. The van der Waals surface area contributed by atoms with E-state index in [1.165, 1.54) is 12.1 Å². The van der Waals surface area contributed by atoms with Crippen molar-refractivity contribution >= 4 is 5.88 Å². The fraction of sp³-hybridized carbons (Fsp3) is 0.429. The van der Waals surface area contributed by atoms with Crippen LogP contribution < -0.4 is 10.1 Å². The van der Waals surface area contributed by atoms with Gasteiger partial charge in [-0.3, -0.25) is 10.1 Å². The summed E-state index contributed by atoms with van der Waals surface area (Å²) in [6.45, 7) is 1.52. The van der Waals surface area contributed by atoms with Crippen molar-refractivity contribution in [2.45, 2.75) is 6.10 Å². The molecule has 70 valence electrons. The molecule has 0 amide bonds. The van der Waals surface area contributed by atoms with Crippen LogP contribution in [-0.2, 0) is 0 Å². The van der Waals surface area contributed by atoms with Crippen molar-refractivity contribution in [3.8, 4) is 5.95 Å². The highest BCUT2D eigenvalue weighted by Crippen LogP contribution is 2.23. The lowest BCUT2D eigenvalue weighted by Crippen LogP contribution is -2.50. The summed E-state index contributed by atoms with van der Waals surface area (Å²) >= 11 is 0. The maximum absolute atomic E-state index is 10.2. The normalized spacial score (nSPS) is 16.6. The summed E-state index contributed by atoms with van der Waals surface area (Å²) in [5.41, 5.74) is 0. The van der Waals surface area contributed by atoms with E-state index in [2.05, 4.69) is 5.32 Å². The van der Waals surface area contributed by atoms with Gasteiger partial charge in [0.05, 0.1) is 6.07 Å². The van der Waals surface area contributed by atoms with Crippen LogP contribution in [0.3, 0.4) is 0 Å². The lowest BCUT2D eigenvalue weighted by Gasteiger charge is -2.26. The number of rotatable bonds is 3. The smallest absolute Gasteiger partial charge is 0.436 e. The van der Waals surface area contributed by atoms with E-state index in [0.29, 0.717) is 0 Å². The maximum atomic E-state index is 10.2. The van der Waals surface area contributed by atoms with Crippen LogP contribution in [0, 0.1) is 10.1 Å². The minimum atomic E-state index is -0.591. The topological polar surface area (TPSA) is 77.5 Å². The zero-order chi connectivity index (χ0) is 9.26. The second kappa shape index (κ2) is 3.06.